The molecule has 1 saturated heterocycles. The maximum atomic E-state index is 12.4. The maximum Gasteiger partial charge on any atom is 0.275 e. The van der Waals surface area contributed by atoms with Gasteiger partial charge in [0.1, 0.15) is 11.5 Å². The zero-order valence-electron chi connectivity index (χ0n) is 15.6. The second kappa shape index (κ2) is 8.04. The second-order valence-corrected chi connectivity index (χ2v) is 8.84. The molecule has 1 aromatic carbocycles. The molecular formula is C19H24N4O3S. The lowest BCUT2D eigenvalue weighted by atomic mass is 10.1. The van der Waals surface area contributed by atoms with Crippen LogP contribution >= 0.6 is 0 Å². The lowest BCUT2D eigenvalue weighted by Gasteiger charge is -2.27. The van der Waals surface area contributed by atoms with Gasteiger partial charge < -0.3 is 10.2 Å². The summed E-state index contributed by atoms with van der Waals surface area (Å²) in [5.41, 5.74) is 2.12. The Labute approximate surface area is 159 Å². The molecule has 7 nitrogen and oxygen atoms in total. The third-order valence-electron chi connectivity index (χ3n) is 4.78. The van der Waals surface area contributed by atoms with Crippen molar-refractivity contribution < 1.29 is 13.2 Å². The van der Waals surface area contributed by atoms with Crippen molar-refractivity contribution in [3.05, 3.63) is 47.9 Å². The Morgan fingerprint density at radius 3 is 2.44 bits per heavy atom. The average Bonchev–Trinajstić information content (AvgIpc) is 3.03. The minimum Gasteiger partial charge on any atom is -0.352 e. The Kier molecular flexibility index (Phi) is 5.74. The molecule has 0 radical (unpaired) electrons. The van der Waals surface area contributed by atoms with Crippen molar-refractivity contribution in [2.75, 3.05) is 28.3 Å². The largest absolute Gasteiger partial charge is 0.352 e. The fraction of sp³-hybridized carbons (Fsp3) is 0.421. The number of aromatic nitrogens is 2. The molecule has 1 unspecified atom stereocenters. The molecule has 2 aromatic rings. The van der Waals surface area contributed by atoms with Gasteiger partial charge in [-0.05, 0) is 37.5 Å². The molecule has 3 rings (SSSR count). The van der Waals surface area contributed by atoms with Crippen molar-refractivity contribution in [1.82, 2.24) is 9.97 Å². The number of sulfone groups is 1. The normalized spacial score (nSPS) is 18.2. The summed E-state index contributed by atoms with van der Waals surface area (Å²) < 4.78 is 23.5. The lowest BCUT2D eigenvalue weighted by molar-refractivity contribution is 0.102. The van der Waals surface area contributed by atoms with E-state index in [9.17, 15) is 13.2 Å². The molecule has 1 amide bonds. The number of hydrogen-bond donors (Lipinski definition) is 1. The molecule has 1 aromatic heterocycles. The first-order valence-corrected chi connectivity index (χ1v) is 10.9. The van der Waals surface area contributed by atoms with Crippen LogP contribution in [-0.4, -0.2) is 48.4 Å². The molecule has 0 spiro atoms. The van der Waals surface area contributed by atoms with E-state index in [1.54, 1.807) is 0 Å². The molecule has 1 aliphatic heterocycles. The Bertz CT molecular complexity index is 896. The molecule has 144 valence electrons. The van der Waals surface area contributed by atoms with Crippen LogP contribution in [0.4, 0.5) is 11.5 Å². The fourth-order valence-electron chi connectivity index (χ4n) is 3.23. The van der Waals surface area contributed by atoms with E-state index in [-0.39, 0.29) is 29.1 Å². The molecule has 2 heterocycles. The van der Waals surface area contributed by atoms with Crippen LogP contribution in [0.5, 0.6) is 0 Å². The van der Waals surface area contributed by atoms with E-state index in [1.165, 1.54) is 18.0 Å². The fourth-order valence-corrected chi connectivity index (χ4v) is 4.96. The highest BCUT2D eigenvalue weighted by Crippen LogP contribution is 2.22. The van der Waals surface area contributed by atoms with Crippen LogP contribution in [0.3, 0.4) is 0 Å². The van der Waals surface area contributed by atoms with Crippen molar-refractivity contribution in [2.24, 2.45) is 0 Å². The minimum absolute atomic E-state index is 0.0916. The molecule has 0 saturated carbocycles. The zero-order valence-corrected chi connectivity index (χ0v) is 16.4. The predicted molar refractivity (Wildman–Crippen MR) is 106 cm³/mol. The summed E-state index contributed by atoms with van der Waals surface area (Å²) in [6.07, 6.45) is 4.49. The number of amides is 1. The highest BCUT2D eigenvalue weighted by atomic mass is 32.2. The van der Waals surface area contributed by atoms with Crippen LogP contribution in [0.1, 0.15) is 36.3 Å². The van der Waals surface area contributed by atoms with Crippen molar-refractivity contribution in [2.45, 2.75) is 32.7 Å². The molecule has 0 aliphatic carbocycles. The summed E-state index contributed by atoms with van der Waals surface area (Å²) in [4.78, 5) is 22.8. The zero-order chi connectivity index (χ0) is 19.4. The molecular weight excluding hydrogens is 364 g/mol. The number of anilines is 2. The number of carbonyl (C=O) groups is 1. The van der Waals surface area contributed by atoms with Gasteiger partial charge in [-0.3, -0.25) is 4.79 Å². The van der Waals surface area contributed by atoms with Crippen LogP contribution < -0.4 is 10.2 Å². The van der Waals surface area contributed by atoms with Gasteiger partial charge in [0.2, 0.25) is 0 Å². The first-order valence-electron chi connectivity index (χ1n) is 9.11. The van der Waals surface area contributed by atoms with Crippen molar-refractivity contribution in [3.8, 4) is 0 Å². The van der Waals surface area contributed by atoms with E-state index >= 15 is 0 Å². The number of benzene rings is 1. The highest BCUT2D eigenvalue weighted by Gasteiger charge is 2.32. The second-order valence-electron chi connectivity index (χ2n) is 6.61. The first kappa shape index (κ1) is 19.3. The Hall–Kier alpha value is -2.48. The first-order chi connectivity index (χ1) is 12.9. The van der Waals surface area contributed by atoms with Crippen LogP contribution in [0.15, 0.2) is 36.7 Å². The van der Waals surface area contributed by atoms with E-state index in [4.69, 9.17) is 0 Å². The van der Waals surface area contributed by atoms with E-state index < -0.39 is 9.84 Å². The number of nitrogens with one attached hydrogen (secondary N) is 1. The molecule has 0 bridgehead atoms. The summed E-state index contributed by atoms with van der Waals surface area (Å²) in [7, 11) is -2.97. The van der Waals surface area contributed by atoms with Gasteiger partial charge in [0.05, 0.1) is 23.9 Å². The monoisotopic (exact) mass is 388 g/mol. The third-order valence-corrected chi connectivity index (χ3v) is 6.53. The number of aryl methyl sites for hydroxylation is 1. The topological polar surface area (TPSA) is 92.3 Å². The SMILES string of the molecule is CCc1ccc(NC(=O)c2cnc(N(CC)C3CCS(=O)(=O)C3)cn2)cc1. The molecule has 8 heteroatoms. The van der Waals surface area contributed by atoms with Crippen LogP contribution in [-0.2, 0) is 16.3 Å². The van der Waals surface area contributed by atoms with Gasteiger partial charge >= 0.3 is 0 Å². The Balaban J connectivity index is 1.69. The van der Waals surface area contributed by atoms with Crippen LogP contribution in [0.2, 0.25) is 0 Å². The highest BCUT2D eigenvalue weighted by molar-refractivity contribution is 7.91. The average molecular weight is 388 g/mol. The van der Waals surface area contributed by atoms with E-state index in [0.717, 1.165) is 6.42 Å². The number of rotatable bonds is 6. The summed E-state index contributed by atoms with van der Waals surface area (Å²) >= 11 is 0. The predicted octanol–water partition coefficient (Wildman–Crippen LogP) is 2.30. The van der Waals surface area contributed by atoms with Gasteiger partial charge in [-0.1, -0.05) is 19.1 Å². The number of nitrogens with zero attached hydrogens (tertiary/aromatic N) is 3. The van der Waals surface area contributed by atoms with Crippen LogP contribution in [0.25, 0.3) is 0 Å². The lowest BCUT2D eigenvalue weighted by Crippen LogP contribution is -2.36. The molecule has 1 N–H and O–H groups in total. The smallest absolute Gasteiger partial charge is 0.275 e. The minimum atomic E-state index is -2.97. The number of hydrogen-bond acceptors (Lipinski definition) is 6. The summed E-state index contributed by atoms with van der Waals surface area (Å²) in [5.74, 6) is 0.602. The number of carbonyl (C=O) groups excluding carboxylic acids is 1. The van der Waals surface area contributed by atoms with Gasteiger partial charge in [0.25, 0.3) is 5.91 Å². The van der Waals surface area contributed by atoms with Gasteiger partial charge in [0, 0.05) is 18.3 Å². The van der Waals surface area contributed by atoms with E-state index in [2.05, 4.69) is 22.2 Å². The van der Waals surface area contributed by atoms with Gasteiger partial charge in [-0.15, -0.1) is 0 Å². The maximum absolute atomic E-state index is 12.4. The summed E-state index contributed by atoms with van der Waals surface area (Å²) in [5, 5.41) is 2.80. The molecule has 1 fully saturated rings. The third kappa shape index (κ3) is 4.63. The van der Waals surface area contributed by atoms with Crippen molar-refractivity contribution >= 4 is 27.2 Å². The van der Waals surface area contributed by atoms with E-state index in [0.29, 0.717) is 24.5 Å². The molecule has 27 heavy (non-hydrogen) atoms. The Morgan fingerprint density at radius 1 is 1.19 bits per heavy atom. The van der Waals surface area contributed by atoms with Crippen molar-refractivity contribution in [3.63, 3.8) is 0 Å². The molecule has 1 aliphatic rings. The quantitative estimate of drug-likeness (QED) is 0.816. The Morgan fingerprint density at radius 2 is 1.93 bits per heavy atom. The van der Waals surface area contributed by atoms with E-state index in [1.807, 2.05) is 36.1 Å². The standard InChI is InChI=1S/C19H24N4O3S/c1-3-14-5-7-15(8-6-14)22-19(24)17-11-21-18(12-20-17)23(4-2)16-9-10-27(25,26)13-16/h5-8,11-12,16H,3-4,9-10,13H2,1-2H3,(H,22,24). The van der Waals surface area contributed by atoms with Crippen molar-refractivity contribution in [1.29, 1.82) is 0 Å². The summed E-state index contributed by atoms with van der Waals surface area (Å²) in [6.45, 7) is 4.66. The molecule has 1 atom stereocenters. The van der Waals surface area contributed by atoms with Gasteiger partial charge in [0.15, 0.2) is 9.84 Å². The van der Waals surface area contributed by atoms with Gasteiger partial charge in [-0.2, -0.15) is 0 Å². The summed E-state index contributed by atoms with van der Waals surface area (Å²) in [6, 6.07) is 7.57. The van der Waals surface area contributed by atoms with Crippen LogP contribution in [0, 0.1) is 0 Å². The van der Waals surface area contributed by atoms with Gasteiger partial charge in [-0.25, -0.2) is 18.4 Å².